The predicted octanol–water partition coefficient (Wildman–Crippen LogP) is 1.87. The average molecular weight is 393 g/mol. The Labute approximate surface area is 169 Å². The summed E-state index contributed by atoms with van der Waals surface area (Å²) in [7, 11) is 3.42. The molecule has 0 aliphatic carbocycles. The van der Waals surface area contributed by atoms with Gasteiger partial charge in [0, 0.05) is 38.2 Å². The van der Waals surface area contributed by atoms with Crippen molar-refractivity contribution >= 4 is 17.9 Å². The maximum atomic E-state index is 12.0. The molecular formula is C21H36N4O3. The molecule has 2 atom stereocenters. The molecule has 1 unspecified atom stereocenters. The maximum Gasteiger partial charge on any atom is 0.222 e. The van der Waals surface area contributed by atoms with Crippen LogP contribution < -0.4 is 5.73 Å². The molecule has 1 rings (SSSR count). The van der Waals surface area contributed by atoms with Crippen molar-refractivity contribution in [3.63, 3.8) is 0 Å². The quantitative estimate of drug-likeness (QED) is 0.184. The van der Waals surface area contributed by atoms with Gasteiger partial charge in [-0.05, 0) is 46.1 Å². The molecule has 0 bridgehead atoms. The van der Waals surface area contributed by atoms with Crippen molar-refractivity contribution in [1.29, 1.82) is 0 Å². The highest BCUT2D eigenvalue weighted by atomic mass is 16.3. The van der Waals surface area contributed by atoms with Gasteiger partial charge in [0.1, 0.15) is 0 Å². The van der Waals surface area contributed by atoms with Gasteiger partial charge in [0.25, 0.3) is 0 Å². The summed E-state index contributed by atoms with van der Waals surface area (Å²) in [5.74, 6) is 0.240. The van der Waals surface area contributed by atoms with Crippen LogP contribution in [0.4, 0.5) is 0 Å². The van der Waals surface area contributed by atoms with Gasteiger partial charge in [-0.3, -0.25) is 19.5 Å². The number of amides is 1. The molecular weight excluding hydrogens is 356 g/mol. The average Bonchev–Trinajstić information content (AvgIpc) is 2.71. The third kappa shape index (κ3) is 6.56. The fourth-order valence-corrected chi connectivity index (χ4v) is 3.63. The number of allylic oxidation sites excluding steroid dienone is 2. The smallest absolute Gasteiger partial charge is 0.222 e. The Bertz CT molecular complexity index is 613. The number of piperidine rings is 1. The highest BCUT2D eigenvalue weighted by Crippen LogP contribution is 2.18. The van der Waals surface area contributed by atoms with Gasteiger partial charge < -0.3 is 15.7 Å². The normalized spacial score (nSPS) is 19.1. The first kappa shape index (κ1) is 24.0. The lowest BCUT2D eigenvalue weighted by molar-refractivity contribution is -0.133. The van der Waals surface area contributed by atoms with Crippen LogP contribution in [0.15, 0.2) is 28.4 Å². The SMILES string of the molecule is C/C=C\[C@H](CCCN1CCCCC1=O)N(C)C(O)C(=NC)C(CC)=C(N)C=O. The molecule has 0 aromatic rings. The first-order valence-electron chi connectivity index (χ1n) is 10.1. The van der Waals surface area contributed by atoms with Crippen LogP contribution in [0.3, 0.4) is 0 Å². The summed E-state index contributed by atoms with van der Waals surface area (Å²) in [6, 6.07) is -0.0211. The van der Waals surface area contributed by atoms with Crippen molar-refractivity contribution in [3.05, 3.63) is 23.4 Å². The van der Waals surface area contributed by atoms with Crippen molar-refractivity contribution in [2.75, 3.05) is 27.2 Å². The lowest BCUT2D eigenvalue weighted by atomic mass is 10.0. The topological polar surface area (TPSA) is 99.2 Å². The molecule has 1 saturated heterocycles. The Hall–Kier alpha value is -1.99. The zero-order valence-corrected chi connectivity index (χ0v) is 17.7. The van der Waals surface area contributed by atoms with Gasteiger partial charge in [-0.1, -0.05) is 19.1 Å². The summed E-state index contributed by atoms with van der Waals surface area (Å²) >= 11 is 0. The number of rotatable bonds is 11. The number of hydrogen-bond acceptors (Lipinski definition) is 6. The van der Waals surface area contributed by atoms with Crippen molar-refractivity contribution in [3.8, 4) is 0 Å². The number of hydrogen-bond donors (Lipinski definition) is 2. The van der Waals surface area contributed by atoms with E-state index in [0.717, 1.165) is 38.8 Å². The number of likely N-dealkylation sites (N-methyl/N-ethyl adjacent to an activating group) is 1. The van der Waals surface area contributed by atoms with Crippen LogP contribution in [0.2, 0.25) is 0 Å². The molecule has 158 valence electrons. The van der Waals surface area contributed by atoms with Gasteiger partial charge in [-0.2, -0.15) is 0 Å². The molecule has 0 spiro atoms. The Kier molecular flexibility index (Phi) is 10.7. The zero-order chi connectivity index (χ0) is 21.1. The summed E-state index contributed by atoms with van der Waals surface area (Å²) in [5.41, 5.74) is 6.88. The number of aliphatic hydroxyl groups is 1. The Balaban J connectivity index is 2.82. The van der Waals surface area contributed by atoms with Crippen molar-refractivity contribution < 1.29 is 14.7 Å². The molecule has 1 fully saturated rings. The molecule has 28 heavy (non-hydrogen) atoms. The standard InChI is InChI=1S/C21H36N4O3/c1-5-10-16(11-9-14-25-13-8-7-12-19(25)27)24(4)21(28)20(23-3)17(6-2)18(22)15-26/h5,10,15-16,21,28H,6-9,11-14,22H2,1-4H3/b10-5-,18-17?,23-20?/t16-,21?/m1/s1. The second kappa shape index (κ2) is 12.5. The van der Waals surface area contributed by atoms with Crippen LogP contribution in [-0.4, -0.2) is 72.3 Å². The van der Waals surface area contributed by atoms with E-state index in [1.165, 1.54) is 0 Å². The second-order valence-corrected chi connectivity index (χ2v) is 7.13. The van der Waals surface area contributed by atoms with Crippen molar-refractivity contribution in [1.82, 2.24) is 9.80 Å². The second-order valence-electron chi connectivity index (χ2n) is 7.13. The van der Waals surface area contributed by atoms with Crippen LogP contribution in [-0.2, 0) is 9.59 Å². The summed E-state index contributed by atoms with van der Waals surface area (Å²) in [4.78, 5) is 31.0. The number of carbonyl (C=O) groups is 2. The Morgan fingerprint density at radius 1 is 1.43 bits per heavy atom. The molecule has 1 heterocycles. The minimum absolute atomic E-state index is 0.0211. The molecule has 1 aliphatic heterocycles. The minimum atomic E-state index is -0.976. The third-order valence-electron chi connectivity index (χ3n) is 5.30. The molecule has 1 amide bonds. The van der Waals surface area contributed by atoms with E-state index in [0.29, 0.717) is 30.4 Å². The van der Waals surface area contributed by atoms with Crippen LogP contribution in [0, 0.1) is 0 Å². The van der Waals surface area contributed by atoms with Gasteiger partial charge in [0.15, 0.2) is 12.5 Å². The largest absolute Gasteiger partial charge is 0.396 e. The Morgan fingerprint density at radius 3 is 2.68 bits per heavy atom. The molecule has 1 aliphatic rings. The zero-order valence-electron chi connectivity index (χ0n) is 17.7. The number of aldehydes is 1. The minimum Gasteiger partial charge on any atom is -0.396 e. The number of nitrogens with two attached hydrogens (primary N) is 1. The van der Waals surface area contributed by atoms with Gasteiger partial charge in [-0.15, -0.1) is 0 Å². The third-order valence-corrected chi connectivity index (χ3v) is 5.30. The summed E-state index contributed by atoms with van der Waals surface area (Å²) in [6.07, 6.45) is 8.48. The summed E-state index contributed by atoms with van der Waals surface area (Å²) in [6.45, 7) is 5.40. The van der Waals surface area contributed by atoms with Crippen molar-refractivity contribution in [2.24, 2.45) is 10.7 Å². The van der Waals surface area contributed by atoms with E-state index in [4.69, 9.17) is 5.73 Å². The van der Waals surface area contributed by atoms with E-state index < -0.39 is 6.23 Å². The van der Waals surface area contributed by atoms with Gasteiger partial charge in [0.05, 0.1) is 11.4 Å². The van der Waals surface area contributed by atoms with Crippen LogP contribution in [0.5, 0.6) is 0 Å². The monoisotopic (exact) mass is 392 g/mol. The molecule has 0 aromatic heterocycles. The highest BCUT2D eigenvalue weighted by molar-refractivity contribution is 6.06. The highest BCUT2D eigenvalue weighted by Gasteiger charge is 2.26. The maximum absolute atomic E-state index is 12.0. The van der Waals surface area contributed by atoms with Crippen LogP contribution in [0.25, 0.3) is 0 Å². The molecule has 0 radical (unpaired) electrons. The fraction of sp³-hybridized carbons (Fsp3) is 0.667. The molecule has 7 heteroatoms. The van der Waals surface area contributed by atoms with Crippen LogP contribution >= 0.6 is 0 Å². The summed E-state index contributed by atoms with van der Waals surface area (Å²) < 4.78 is 0. The van der Waals surface area contributed by atoms with E-state index >= 15 is 0 Å². The lowest BCUT2D eigenvalue weighted by Crippen LogP contribution is -2.45. The first-order chi connectivity index (χ1) is 13.4. The van der Waals surface area contributed by atoms with E-state index in [9.17, 15) is 14.7 Å². The van der Waals surface area contributed by atoms with Crippen LogP contribution in [0.1, 0.15) is 52.4 Å². The first-order valence-corrected chi connectivity index (χ1v) is 10.1. The molecule has 7 nitrogen and oxygen atoms in total. The number of aliphatic hydroxyl groups excluding tert-OH is 1. The van der Waals surface area contributed by atoms with Gasteiger partial charge >= 0.3 is 0 Å². The van der Waals surface area contributed by atoms with E-state index in [1.54, 1.807) is 7.05 Å². The predicted molar refractivity (Wildman–Crippen MR) is 113 cm³/mol. The Morgan fingerprint density at radius 2 is 2.14 bits per heavy atom. The van der Waals surface area contributed by atoms with E-state index in [1.807, 2.05) is 42.8 Å². The molecule has 3 N–H and O–H groups in total. The van der Waals surface area contributed by atoms with Gasteiger partial charge in [0.2, 0.25) is 5.91 Å². The molecule has 0 aromatic carbocycles. The van der Waals surface area contributed by atoms with E-state index in [-0.39, 0.29) is 17.6 Å². The van der Waals surface area contributed by atoms with Gasteiger partial charge in [-0.25, -0.2) is 0 Å². The number of aliphatic imine (C=N–C) groups is 1. The summed E-state index contributed by atoms with van der Waals surface area (Å²) in [5, 5.41) is 10.9. The van der Waals surface area contributed by atoms with E-state index in [2.05, 4.69) is 4.99 Å². The number of nitrogens with zero attached hydrogens (tertiary/aromatic N) is 3. The molecule has 0 saturated carbocycles. The lowest BCUT2D eigenvalue weighted by Gasteiger charge is -2.33. The number of likely N-dealkylation sites (tertiary alicyclic amines) is 1. The van der Waals surface area contributed by atoms with Crippen molar-refractivity contribution in [2.45, 2.75) is 64.6 Å². The number of carbonyl (C=O) groups excluding carboxylic acids is 2. The fourth-order valence-electron chi connectivity index (χ4n) is 3.63.